The summed E-state index contributed by atoms with van der Waals surface area (Å²) < 4.78 is 0. The second-order valence-electron chi connectivity index (χ2n) is 4.95. The molecule has 1 aliphatic carbocycles. The van der Waals surface area contributed by atoms with Gasteiger partial charge >= 0.3 is 0 Å². The van der Waals surface area contributed by atoms with Gasteiger partial charge in [0.15, 0.2) is 5.78 Å². The molecule has 2 heteroatoms. The van der Waals surface area contributed by atoms with Gasteiger partial charge in [-0.1, -0.05) is 39.2 Å². The van der Waals surface area contributed by atoms with E-state index >= 15 is 0 Å². The summed E-state index contributed by atoms with van der Waals surface area (Å²) in [6, 6.07) is 0. The summed E-state index contributed by atoms with van der Waals surface area (Å²) in [6.07, 6.45) is 11.7. The molecule has 0 spiro atoms. The van der Waals surface area contributed by atoms with E-state index in [1.807, 2.05) is 6.92 Å². The summed E-state index contributed by atoms with van der Waals surface area (Å²) in [5, 5.41) is 0. The number of hydrogen-bond donors (Lipinski definition) is 0. The van der Waals surface area contributed by atoms with Gasteiger partial charge in [0.2, 0.25) is 0 Å². The van der Waals surface area contributed by atoms with Crippen molar-refractivity contribution in [3.63, 3.8) is 0 Å². The number of ketones is 2. The van der Waals surface area contributed by atoms with Crippen LogP contribution in [0.3, 0.4) is 0 Å². The SMILES string of the molecule is CCCC(C)=O.CCCCCCC1=CCCC1=O. The molecular weight excluding hydrogens is 224 g/mol. The minimum atomic E-state index is 0.289. The molecule has 0 heterocycles. The van der Waals surface area contributed by atoms with Crippen molar-refractivity contribution in [3.05, 3.63) is 11.6 Å². The van der Waals surface area contributed by atoms with E-state index in [2.05, 4.69) is 13.0 Å². The number of unbranched alkanes of at least 4 members (excludes halogenated alkanes) is 3. The Labute approximate surface area is 112 Å². The molecular formula is C16H28O2. The van der Waals surface area contributed by atoms with Gasteiger partial charge in [-0.05, 0) is 38.2 Å². The highest BCUT2D eigenvalue weighted by atomic mass is 16.1. The van der Waals surface area contributed by atoms with Gasteiger partial charge in [0, 0.05) is 12.8 Å². The van der Waals surface area contributed by atoms with Crippen molar-refractivity contribution in [3.8, 4) is 0 Å². The Bertz CT molecular complexity index is 277. The van der Waals surface area contributed by atoms with Crippen molar-refractivity contribution in [2.24, 2.45) is 0 Å². The van der Waals surface area contributed by atoms with Gasteiger partial charge in [-0.3, -0.25) is 4.79 Å². The molecule has 0 aromatic carbocycles. The third kappa shape index (κ3) is 9.15. The van der Waals surface area contributed by atoms with Crippen molar-refractivity contribution in [2.75, 3.05) is 0 Å². The van der Waals surface area contributed by atoms with Gasteiger partial charge in [-0.15, -0.1) is 0 Å². The van der Waals surface area contributed by atoms with Crippen LogP contribution in [0.25, 0.3) is 0 Å². The van der Waals surface area contributed by atoms with Gasteiger partial charge in [0.1, 0.15) is 5.78 Å². The van der Waals surface area contributed by atoms with E-state index < -0.39 is 0 Å². The lowest BCUT2D eigenvalue weighted by Gasteiger charge is -1.99. The summed E-state index contributed by atoms with van der Waals surface area (Å²) in [6.45, 7) is 5.82. The first kappa shape index (κ1) is 17.1. The van der Waals surface area contributed by atoms with Crippen molar-refractivity contribution < 1.29 is 9.59 Å². The van der Waals surface area contributed by atoms with E-state index in [0.29, 0.717) is 5.78 Å². The standard InChI is InChI=1S/C11H18O.C5H10O/c1-2-3-4-5-7-10-8-6-9-11(10)12;1-3-4-5(2)6/h8H,2-7,9H2,1H3;3-4H2,1-2H3. The molecule has 0 fully saturated rings. The number of rotatable bonds is 7. The lowest BCUT2D eigenvalue weighted by atomic mass is 10.1. The zero-order valence-corrected chi connectivity index (χ0v) is 12.3. The molecule has 0 aromatic rings. The number of allylic oxidation sites excluding steroid dienone is 2. The molecule has 0 amide bonds. The first-order valence-corrected chi connectivity index (χ1v) is 7.33. The number of carbonyl (C=O) groups is 2. The molecule has 0 radical (unpaired) electrons. The predicted molar refractivity (Wildman–Crippen MR) is 76.7 cm³/mol. The second-order valence-corrected chi connectivity index (χ2v) is 4.95. The average Bonchev–Trinajstić information content (AvgIpc) is 2.71. The van der Waals surface area contributed by atoms with Gasteiger partial charge in [-0.25, -0.2) is 0 Å². The Morgan fingerprint density at radius 1 is 1.17 bits per heavy atom. The summed E-state index contributed by atoms with van der Waals surface area (Å²) >= 11 is 0. The van der Waals surface area contributed by atoms with E-state index in [1.54, 1.807) is 6.92 Å². The van der Waals surface area contributed by atoms with Gasteiger partial charge in [0.25, 0.3) is 0 Å². The van der Waals surface area contributed by atoms with Crippen LogP contribution in [0.4, 0.5) is 0 Å². The minimum Gasteiger partial charge on any atom is -0.300 e. The Balaban J connectivity index is 0.000000411. The minimum absolute atomic E-state index is 0.289. The topological polar surface area (TPSA) is 34.1 Å². The molecule has 0 atom stereocenters. The zero-order valence-electron chi connectivity index (χ0n) is 12.3. The van der Waals surface area contributed by atoms with Crippen LogP contribution in [0.2, 0.25) is 0 Å². The molecule has 1 rings (SSSR count). The van der Waals surface area contributed by atoms with Crippen molar-refractivity contribution in [1.29, 1.82) is 0 Å². The summed E-state index contributed by atoms with van der Waals surface area (Å²) in [7, 11) is 0. The maximum atomic E-state index is 11.2. The Hall–Kier alpha value is -0.920. The molecule has 0 N–H and O–H groups in total. The maximum absolute atomic E-state index is 11.2. The molecule has 0 aromatic heterocycles. The van der Waals surface area contributed by atoms with Gasteiger partial charge in [-0.2, -0.15) is 0 Å². The quantitative estimate of drug-likeness (QED) is 0.619. The molecule has 0 unspecified atom stereocenters. The summed E-state index contributed by atoms with van der Waals surface area (Å²) in [4.78, 5) is 21.2. The van der Waals surface area contributed by atoms with Crippen LogP contribution in [0, 0.1) is 0 Å². The van der Waals surface area contributed by atoms with E-state index in [1.165, 1.54) is 25.7 Å². The van der Waals surface area contributed by atoms with Crippen molar-refractivity contribution in [2.45, 2.75) is 78.6 Å². The average molecular weight is 252 g/mol. The van der Waals surface area contributed by atoms with Crippen LogP contribution in [-0.4, -0.2) is 11.6 Å². The smallest absolute Gasteiger partial charge is 0.158 e. The van der Waals surface area contributed by atoms with Gasteiger partial charge < -0.3 is 4.79 Å². The Kier molecular flexibility index (Phi) is 10.6. The summed E-state index contributed by atoms with van der Waals surface area (Å²) in [5.74, 6) is 0.684. The largest absolute Gasteiger partial charge is 0.300 e. The van der Waals surface area contributed by atoms with E-state index in [0.717, 1.165) is 37.7 Å². The monoisotopic (exact) mass is 252 g/mol. The first-order valence-electron chi connectivity index (χ1n) is 7.33. The highest BCUT2D eigenvalue weighted by molar-refractivity contribution is 5.97. The van der Waals surface area contributed by atoms with Crippen LogP contribution in [0.5, 0.6) is 0 Å². The molecule has 0 saturated carbocycles. The first-order chi connectivity index (χ1) is 8.61. The maximum Gasteiger partial charge on any atom is 0.158 e. The van der Waals surface area contributed by atoms with E-state index in [-0.39, 0.29) is 5.78 Å². The molecule has 0 saturated heterocycles. The van der Waals surface area contributed by atoms with Crippen molar-refractivity contribution in [1.82, 2.24) is 0 Å². The van der Waals surface area contributed by atoms with Crippen LogP contribution in [0.15, 0.2) is 11.6 Å². The normalized spacial score (nSPS) is 13.9. The Morgan fingerprint density at radius 3 is 2.28 bits per heavy atom. The van der Waals surface area contributed by atoms with Crippen LogP contribution >= 0.6 is 0 Å². The molecule has 0 aliphatic heterocycles. The molecule has 18 heavy (non-hydrogen) atoms. The highest BCUT2D eigenvalue weighted by Gasteiger charge is 2.13. The van der Waals surface area contributed by atoms with Crippen LogP contribution in [-0.2, 0) is 9.59 Å². The molecule has 1 aliphatic rings. The van der Waals surface area contributed by atoms with E-state index in [9.17, 15) is 9.59 Å². The fourth-order valence-corrected chi connectivity index (χ4v) is 1.99. The van der Waals surface area contributed by atoms with Crippen LogP contribution < -0.4 is 0 Å². The third-order valence-corrected chi connectivity index (χ3v) is 3.02. The fourth-order valence-electron chi connectivity index (χ4n) is 1.99. The number of hydrogen-bond acceptors (Lipinski definition) is 2. The lowest BCUT2D eigenvalue weighted by molar-refractivity contribution is -0.117. The predicted octanol–water partition coefficient (Wildman–Crippen LogP) is 4.62. The fraction of sp³-hybridized carbons (Fsp3) is 0.750. The zero-order chi connectivity index (χ0) is 13.8. The lowest BCUT2D eigenvalue weighted by Crippen LogP contribution is -1.95. The molecule has 0 bridgehead atoms. The number of Topliss-reactive ketones (excluding diaryl/α,β-unsaturated/α-hetero) is 2. The molecule has 2 nitrogen and oxygen atoms in total. The summed E-state index contributed by atoms with van der Waals surface area (Å²) in [5.41, 5.74) is 1.10. The van der Waals surface area contributed by atoms with Gasteiger partial charge in [0.05, 0.1) is 0 Å². The van der Waals surface area contributed by atoms with Crippen LogP contribution in [0.1, 0.15) is 78.6 Å². The third-order valence-electron chi connectivity index (χ3n) is 3.02. The number of carbonyl (C=O) groups excluding carboxylic acids is 2. The Morgan fingerprint density at radius 2 is 1.89 bits per heavy atom. The molecule has 104 valence electrons. The van der Waals surface area contributed by atoms with E-state index in [4.69, 9.17) is 0 Å². The highest BCUT2D eigenvalue weighted by Crippen LogP contribution is 2.19. The second kappa shape index (κ2) is 11.2. The van der Waals surface area contributed by atoms with Crippen molar-refractivity contribution >= 4 is 11.6 Å².